The van der Waals surface area contributed by atoms with E-state index in [1.54, 1.807) is 0 Å². The fraction of sp³-hybridized carbons (Fsp3) is 0.0154. The molecule has 1 aliphatic carbocycles. The third-order valence-electron chi connectivity index (χ3n) is 13.9. The molecule has 67 heavy (non-hydrogen) atoms. The van der Waals surface area contributed by atoms with Crippen LogP contribution in [0.25, 0.3) is 77.2 Å². The van der Waals surface area contributed by atoms with Crippen LogP contribution in [0.15, 0.2) is 265 Å². The molecule has 0 atom stereocenters. The van der Waals surface area contributed by atoms with Gasteiger partial charge in [0.2, 0.25) is 0 Å². The maximum Gasteiger partial charge on any atom is 0.143 e. The van der Waals surface area contributed by atoms with Crippen LogP contribution in [0.3, 0.4) is 0 Å². The van der Waals surface area contributed by atoms with E-state index in [4.69, 9.17) is 4.42 Å². The minimum atomic E-state index is -0.600. The number of hydrogen-bond donors (Lipinski definition) is 0. The molecule has 0 bridgehead atoms. The molecule has 11 aromatic carbocycles. The Morgan fingerprint density at radius 3 is 1.55 bits per heavy atom. The van der Waals surface area contributed by atoms with Crippen molar-refractivity contribution in [2.24, 2.45) is 0 Å². The van der Waals surface area contributed by atoms with Crippen LogP contribution in [-0.2, 0) is 5.41 Å². The summed E-state index contributed by atoms with van der Waals surface area (Å²) in [6, 6.07) is 94.9. The summed E-state index contributed by atoms with van der Waals surface area (Å²) in [7, 11) is 0. The first-order chi connectivity index (χ1) is 33.3. The SMILES string of the molecule is c1ccc(-c2ccc(N(c3ccccc3)c3cccc4oc5c6ccccc6c(-c6ccc7c(c6)C(c6ccccc6)(c6ccccc6)c6c(-c8ccccc8)cccc6-7)cc5c34)cc2)cc1. The van der Waals surface area contributed by atoms with Crippen LogP contribution in [0.2, 0.25) is 0 Å². The van der Waals surface area contributed by atoms with Gasteiger partial charge < -0.3 is 9.32 Å². The minimum Gasteiger partial charge on any atom is -0.455 e. The van der Waals surface area contributed by atoms with Gasteiger partial charge >= 0.3 is 0 Å². The Balaban J connectivity index is 1.07. The van der Waals surface area contributed by atoms with Gasteiger partial charge in [-0.1, -0.05) is 212 Å². The monoisotopic (exact) mass is 853 g/mol. The van der Waals surface area contributed by atoms with Crippen molar-refractivity contribution in [2.45, 2.75) is 5.41 Å². The molecule has 0 aliphatic heterocycles. The molecule has 314 valence electrons. The van der Waals surface area contributed by atoms with E-state index in [9.17, 15) is 0 Å². The van der Waals surface area contributed by atoms with E-state index in [1.165, 1.54) is 55.6 Å². The van der Waals surface area contributed by atoms with Crippen molar-refractivity contribution in [1.29, 1.82) is 0 Å². The van der Waals surface area contributed by atoms with Gasteiger partial charge in [-0.3, -0.25) is 0 Å². The first-order valence-electron chi connectivity index (χ1n) is 23.1. The molecule has 13 rings (SSSR count). The largest absolute Gasteiger partial charge is 0.455 e. The molecular weight excluding hydrogens is 811 g/mol. The Labute approximate surface area is 390 Å². The lowest BCUT2D eigenvalue weighted by atomic mass is 9.66. The summed E-state index contributed by atoms with van der Waals surface area (Å²) in [5.74, 6) is 0. The highest BCUT2D eigenvalue weighted by Crippen LogP contribution is 2.59. The zero-order valence-corrected chi connectivity index (χ0v) is 36.7. The van der Waals surface area contributed by atoms with Gasteiger partial charge in [0, 0.05) is 22.1 Å². The van der Waals surface area contributed by atoms with Crippen LogP contribution >= 0.6 is 0 Å². The molecular formula is C65H43NO. The van der Waals surface area contributed by atoms with E-state index in [1.807, 2.05) is 0 Å². The highest BCUT2D eigenvalue weighted by molar-refractivity contribution is 6.22. The van der Waals surface area contributed by atoms with E-state index < -0.39 is 5.41 Å². The van der Waals surface area contributed by atoms with Gasteiger partial charge in [0.15, 0.2) is 0 Å². The third kappa shape index (κ3) is 6.11. The summed E-state index contributed by atoms with van der Waals surface area (Å²) < 4.78 is 6.99. The average Bonchev–Trinajstić information content (AvgIpc) is 3.94. The number of rotatable bonds is 8. The molecule has 0 radical (unpaired) electrons. The lowest BCUT2D eigenvalue weighted by Gasteiger charge is -2.35. The lowest BCUT2D eigenvalue weighted by molar-refractivity contribution is 0.672. The van der Waals surface area contributed by atoms with Gasteiger partial charge in [-0.2, -0.15) is 0 Å². The average molecular weight is 854 g/mol. The second-order valence-electron chi connectivity index (χ2n) is 17.5. The Kier molecular flexibility index (Phi) is 9.11. The number of benzene rings is 11. The van der Waals surface area contributed by atoms with Gasteiger partial charge in [0.25, 0.3) is 0 Å². The molecule has 1 heterocycles. The molecule has 0 fully saturated rings. The molecule has 0 spiro atoms. The van der Waals surface area contributed by atoms with Gasteiger partial charge in [0.1, 0.15) is 11.2 Å². The van der Waals surface area contributed by atoms with E-state index in [0.717, 1.165) is 60.9 Å². The topological polar surface area (TPSA) is 16.4 Å². The summed E-state index contributed by atoms with van der Waals surface area (Å²) in [5, 5.41) is 4.39. The summed E-state index contributed by atoms with van der Waals surface area (Å²) in [6.45, 7) is 0. The first-order valence-corrected chi connectivity index (χ1v) is 23.1. The molecule has 0 unspecified atom stereocenters. The van der Waals surface area contributed by atoms with Crippen molar-refractivity contribution in [3.8, 4) is 44.5 Å². The van der Waals surface area contributed by atoms with Gasteiger partial charge in [-0.05, 0) is 121 Å². The molecule has 0 N–H and O–H groups in total. The number of fused-ring (bicyclic) bond motifs is 8. The molecule has 0 saturated carbocycles. The van der Waals surface area contributed by atoms with Gasteiger partial charge in [-0.15, -0.1) is 0 Å². The third-order valence-corrected chi connectivity index (χ3v) is 13.9. The predicted octanol–water partition coefficient (Wildman–Crippen LogP) is 17.6. The summed E-state index contributed by atoms with van der Waals surface area (Å²) in [6.07, 6.45) is 0. The van der Waals surface area contributed by atoms with Crippen LogP contribution in [0.1, 0.15) is 22.3 Å². The van der Waals surface area contributed by atoms with Crippen LogP contribution in [0.5, 0.6) is 0 Å². The molecule has 12 aromatic rings. The molecule has 1 aliphatic rings. The molecule has 0 amide bonds. The predicted molar refractivity (Wildman–Crippen MR) is 280 cm³/mol. The summed E-state index contributed by atoms with van der Waals surface area (Å²) in [5.41, 5.74) is 19.1. The maximum atomic E-state index is 6.99. The van der Waals surface area contributed by atoms with Crippen molar-refractivity contribution in [3.05, 3.63) is 283 Å². The Morgan fingerprint density at radius 1 is 0.328 bits per heavy atom. The fourth-order valence-electron chi connectivity index (χ4n) is 11.1. The smallest absolute Gasteiger partial charge is 0.143 e. The number of hydrogen-bond acceptors (Lipinski definition) is 2. The van der Waals surface area contributed by atoms with Gasteiger partial charge in [-0.25, -0.2) is 0 Å². The van der Waals surface area contributed by atoms with E-state index in [2.05, 4.69) is 266 Å². The van der Waals surface area contributed by atoms with E-state index >= 15 is 0 Å². The van der Waals surface area contributed by atoms with Crippen LogP contribution < -0.4 is 4.90 Å². The van der Waals surface area contributed by atoms with Crippen molar-refractivity contribution < 1.29 is 4.42 Å². The second kappa shape index (κ2) is 15.8. The zero-order chi connectivity index (χ0) is 44.3. The number of anilines is 3. The first kappa shape index (κ1) is 38.7. The van der Waals surface area contributed by atoms with Crippen LogP contribution in [-0.4, -0.2) is 0 Å². The number of nitrogens with zero attached hydrogens (tertiary/aromatic N) is 1. The quantitative estimate of drug-likeness (QED) is 0.151. The lowest BCUT2D eigenvalue weighted by Crippen LogP contribution is -2.29. The minimum absolute atomic E-state index is 0.600. The van der Waals surface area contributed by atoms with Gasteiger partial charge in [0.05, 0.1) is 16.5 Å². The van der Waals surface area contributed by atoms with E-state index in [-0.39, 0.29) is 0 Å². The molecule has 1 aromatic heterocycles. The van der Waals surface area contributed by atoms with E-state index in [0.29, 0.717) is 0 Å². The van der Waals surface area contributed by atoms with Crippen molar-refractivity contribution >= 4 is 49.8 Å². The number of para-hydroxylation sites is 1. The summed E-state index contributed by atoms with van der Waals surface area (Å²) >= 11 is 0. The fourth-order valence-corrected chi connectivity index (χ4v) is 11.1. The zero-order valence-electron chi connectivity index (χ0n) is 36.7. The Hall–Kier alpha value is -8.72. The highest BCUT2D eigenvalue weighted by atomic mass is 16.3. The molecule has 2 nitrogen and oxygen atoms in total. The molecule has 2 heteroatoms. The van der Waals surface area contributed by atoms with Crippen LogP contribution in [0, 0.1) is 0 Å². The maximum absolute atomic E-state index is 6.99. The molecule has 0 saturated heterocycles. The standard InChI is InChI=1S/C65H43NO/c1-6-20-44(21-7-1)45-36-39-51(40-37-45)66(50-28-14-5-15-29-50)60-34-19-35-61-62(60)58-43-57(53-30-16-17-31-56(53)64(58)67-61)47-38-41-54-55-33-18-32-52(46-22-8-2-9-23-46)63(55)65(59(54)42-47,48-24-10-3-11-25-48)49-26-12-4-13-27-49/h1-43H. The van der Waals surface area contributed by atoms with Crippen molar-refractivity contribution in [1.82, 2.24) is 0 Å². The van der Waals surface area contributed by atoms with Crippen molar-refractivity contribution in [3.63, 3.8) is 0 Å². The summed E-state index contributed by atoms with van der Waals surface area (Å²) in [4.78, 5) is 2.37. The normalized spacial score (nSPS) is 12.6. The van der Waals surface area contributed by atoms with Crippen LogP contribution in [0.4, 0.5) is 17.1 Å². The van der Waals surface area contributed by atoms with Crippen molar-refractivity contribution in [2.75, 3.05) is 4.90 Å². The second-order valence-corrected chi connectivity index (χ2v) is 17.5. The Bertz CT molecular complexity index is 3730. The Morgan fingerprint density at radius 2 is 0.866 bits per heavy atom. The number of furan rings is 1. The highest BCUT2D eigenvalue weighted by Gasteiger charge is 2.47.